The Morgan fingerprint density at radius 3 is 3.20 bits per heavy atom. The lowest BCUT2D eigenvalue weighted by Gasteiger charge is -2.22. The van der Waals surface area contributed by atoms with Crippen molar-refractivity contribution in [2.24, 2.45) is 0 Å². The lowest BCUT2D eigenvalue weighted by atomic mass is 10.0. The van der Waals surface area contributed by atoms with Crippen molar-refractivity contribution in [1.29, 1.82) is 0 Å². The van der Waals surface area contributed by atoms with Crippen LogP contribution < -0.4 is 16.4 Å². The van der Waals surface area contributed by atoms with Gasteiger partial charge in [-0.3, -0.25) is 4.79 Å². The summed E-state index contributed by atoms with van der Waals surface area (Å²) in [6.07, 6.45) is 4.73. The number of nitrogens with one attached hydrogen (secondary N) is 2. The Balaban J connectivity index is 1.64. The molecule has 2 aromatic heterocycles. The van der Waals surface area contributed by atoms with Crippen LogP contribution in [0.3, 0.4) is 0 Å². The first-order chi connectivity index (χ1) is 9.74. The maximum absolute atomic E-state index is 12.0. The molecule has 6 nitrogen and oxygen atoms in total. The fraction of sp³-hybridized carbons (Fsp3) is 0.429. The van der Waals surface area contributed by atoms with Crippen molar-refractivity contribution >= 4 is 22.7 Å². The van der Waals surface area contributed by atoms with Crippen molar-refractivity contribution in [3.63, 3.8) is 0 Å². The number of furan rings is 1. The highest BCUT2D eigenvalue weighted by atomic mass is 16.3. The van der Waals surface area contributed by atoms with Crippen LogP contribution >= 0.6 is 0 Å². The zero-order valence-corrected chi connectivity index (χ0v) is 11.2. The molecule has 20 heavy (non-hydrogen) atoms. The minimum absolute atomic E-state index is 0.0243. The quantitative estimate of drug-likeness (QED) is 0.781. The molecule has 6 heteroatoms. The fourth-order valence-electron chi connectivity index (χ4n) is 2.50. The molecule has 1 aliphatic rings. The summed E-state index contributed by atoms with van der Waals surface area (Å²) >= 11 is 0. The van der Waals surface area contributed by atoms with Gasteiger partial charge in [-0.15, -0.1) is 0 Å². The molecule has 0 aromatic carbocycles. The summed E-state index contributed by atoms with van der Waals surface area (Å²) in [5, 5.41) is 6.90. The molecule has 106 valence electrons. The van der Waals surface area contributed by atoms with Crippen molar-refractivity contribution < 1.29 is 9.21 Å². The van der Waals surface area contributed by atoms with Gasteiger partial charge in [0.2, 0.25) is 5.91 Å². The number of carbonyl (C=O) groups is 1. The van der Waals surface area contributed by atoms with Crippen molar-refractivity contribution in [3.8, 4) is 0 Å². The Labute approximate surface area is 116 Å². The van der Waals surface area contributed by atoms with E-state index in [2.05, 4.69) is 15.6 Å². The van der Waals surface area contributed by atoms with E-state index in [0.29, 0.717) is 23.7 Å². The molecule has 3 heterocycles. The Morgan fingerprint density at radius 1 is 1.55 bits per heavy atom. The predicted molar refractivity (Wildman–Crippen MR) is 75.9 cm³/mol. The first kappa shape index (κ1) is 12.9. The Morgan fingerprint density at radius 2 is 2.45 bits per heavy atom. The average Bonchev–Trinajstić information content (AvgIpc) is 2.90. The highest BCUT2D eigenvalue weighted by Crippen LogP contribution is 2.22. The second kappa shape index (κ2) is 5.50. The largest absolute Gasteiger partial charge is 0.459 e. The summed E-state index contributed by atoms with van der Waals surface area (Å²) in [6.45, 7) is 1.27. The molecule has 1 saturated heterocycles. The van der Waals surface area contributed by atoms with E-state index in [-0.39, 0.29) is 11.9 Å². The van der Waals surface area contributed by atoms with Gasteiger partial charge < -0.3 is 20.8 Å². The van der Waals surface area contributed by atoms with Crippen LogP contribution in [0.1, 0.15) is 25.0 Å². The molecule has 0 saturated carbocycles. The van der Waals surface area contributed by atoms with Gasteiger partial charge in [0, 0.05) is 6.20 Å². The van der Waals surface area contributed by atoms with Crippen LogP contribution in [0, 0.1) is 0 Å². The Bertz CT molecular complexity index is 617. The number of nitrogens with two attached hydrogens (primary N) is 1. The third-order valence-corrected chi connectivity index (χ3v) is 3.59. The number of fused-ring (bicyclic) bond motifs is 1. The number of amides is 1. The number of aromatic nitrogens is 1. The molecule has 1 atom stereocenters. The number of piperidine rings is 1. The van der Waals surface area contributed by atoms with Crippen molar-refractivity contribution in [2.45, 2.75) is 31.8 Å². The minimum Gasteiger partial charge on any atom is -0.459 e. The average molecular weight is 274 g/mol. The van der Waals surface area contributed by atoms with E-state index in [0.717, 1.165) is 31.2 Å². The molecule has 1 amide bonds. The molecule has 0 aliphatic carbocycles. The van der Waals surface area contributed by atoms with Gasteiger partial charge in [0.05, 0.1) is 18.0 Å². The third kappa shape index (κ3) is 2.60. The lowest BCUT2D eigenvalue weighted by molar-refractivity contribution is -0.123. The van der Waals surface area contributed by atoms with Gasteiger partial charge >= 0.3 is 0 Å². The minimum atomic E-state index is -0.0835. The maximum Gasteiger partial charge on any atom is 0.237 e. The first-order valence-corrected chi connectivity index (χ1v) is 6.88. The molecule has 4 N–H and O–H groups in total. The molecule has 0 unspecified atom stereocenters. The van der Waals surface area contributed by atoms with E-state index < -0.39 is 0 Å². The van der Waals surface area contributed by atoms with Gasteiger partial charge in [0.25, 0.3) is 0 Å². The third-order valence-electron chi connectivity index (χ3n) is 3.59. The van der Waals surface area contributed by atoms with Crippen LogP contribution in [0.2, 0.25) is 0 Å². The first-order valence-electron chi connectivity index (χ1n) is 6.88. The van der Waals surface area contributed by atoms with Gasteiger partial charge in [-0.1, -0.05) is 6.42 Å². The highest BCUT2D eigenvalue weighted by Gasteiger charge is 2.20. The summed E-state index contributed by atoms with van der Waals surface area (Å²) in [4.78, 5) is 16.0. The van der Waals surface area contributed by atoms with Crippen LogP contribution in [0.4, 0.5) is 5.82 Å². The van der Waals surface area contributed by atoms with E-state index in [1.165, 1.54) is 0 Å². The molecule has 1 fully saturated rings. The van der Waals surface area contributed by atoms with Crippen LogP contribution in [-0.2, 0) is 11.3 Å². The number of nitrogens with zero attached hydrogens (tertiary/aromatic N) is 1. The molecule has 1 aliphatic heterocycles. The molecule has 0 radical (unpaired) electrons. The number of rotatable bonds is 3. The van der Waals surface area contributed by atoms with Gasteiger partial charge in [-0.25, -0.2) is 4.98 Å². The zero-order chi connectivity index (χ0) is 13.9. The Hall–Kier alpha value is -2.08. The monoisotopic (exact) mass is 274 g/mol. The SMILES string of the molecule is Nc1nccc2oc(CNC(=O)[C@@H]3CCCCN3)cc12. The normalized spacial score (nSPS) is 19.1. The van der Waals surface area contributed by atoms with Gasteiger partial charge in [0.15, 0.2) is 0 Å². The standard InChI is InChI=1S/C14H18N4O2/c15-13-10-7-9(20-12(10)4-6-17-13)8-18-14(19)11-3-1-2-5-16-11/h4,6-7,11,16H,1-3,5,8H2,(H2,15,17)(H,18,19)/t11-/m0/s1. The second-order valence-electron chi connectivity index (χ2n) is 5.04. The second-order valence-corrected chi connectivity index (χ2v) is 5.04. The van der Waals surface area contributed by atoms with E-state index in [1.54, 1.807) is 12.3 Å². The van der Waals surface area contributed by atoms with Gasteiger partial charge in [0.1, 0.15) is 17.2 Å². The number of hydrogen-bond donors (Lipinski definition) is 3. The predicted octanol–water partition coefficient (Wildman–Crippen LogP) is 1.17. The molecule has 0 bridgehead atoms. The van der Waals surface area contributed by atoms with Crippen molar-refractivity contribution in [2.75, 3.05) is 12.3 Å². The molecule has 3 rings (SSSR count). The van der Waals surface area contributed by atoms with Crippen LogP contribution in [-0.4, -0.2) is 23.5 Å². The lowest BCUT2D eigenvalue weighted by Crippen LogP contribution is -2.46. The highest BCUT2D eigenvalue weighted by molar-refractivity contribution is 5.87. The molecular weight excluding hydrogens is 256 g/mol. The van der Waals surface area contributed by atoms with Crippen molar-refractivity contribution in [3.05, 3.63) is 24.1 Å². The van der Waals surface area contributed by atoms with E-state index in [1.807, 2.05) is 6.07 Å². The number of hydrogen-bond acceptors (Lipinski definition) is 5. The topological polar surface area (TPSA) is 93.2 Å². The summed E-state index contributed by atoms with van der Waals surface area (Å²) in [5.74, 6) is 1.15. The van der Waals surface area contributed by atoms with Crippen LogP contribution in [0.15, 0.2) is 22.7 Å². The summed E-state index contributed by atoms with van der Waals surface area (Å²) in [5.41, 5.74) is 6.47. The molecular formula is C14H18N4O2. The van der Waals surface area contributed by atoms with E-state index in [9.17, 15) is 4.79 Å². The number of nitrogen functional groups attached to an aromatic ring is 1. The van der Waals surface area contributed by atoms with Gasteiger partial charge in [-0.2, -0.15) is 0 Å². The van der Waals surface area contributed by atoms with Gasteiger partial charge in [-0.05, 0) is 31.5 Å². The number of pyridine rings is 1. The van der Waals surface area contributed by atoms with E-state index >= 15 is 0 Å². The number of anilines is 1. The van der Waals surface area contributed by atoms with Crippen LogP contribution in [0.25, 0.3) is 11.0 Å². The molecule has 2 aromatic rings. The number of carbonyl (C=O) groups excluding carboxylic acids is 1. The summed E-state index contributed by atoms with van der Waals surface area (Å²) < 4.78 is 5.63. The van der Waals surface area contributed by atoms with Crippen LogP contribution in [0.5, 0.6) is 0 Å². The Kier molecular flexibility index (Phi) is 3.56. The molecule has 0 spiro atoms. The van der Waals surface area contributed by atoms with Crippen molar-refractivity contribution in [1.82, 2.24) is 15.6 Å². The van der Waals surface area contributed by atoms with E-state index in [4.69, 9.17) is 10.2 Å². The smallest absolute Gasteiger partial charge is 0.237 e. The fourth-order valence-corrected chi connectivity index (χ4v) is 2.50. The summed E-state index contributed by atoms with van der Waals surface area (Å²) in [6, 6.07) is 3.51. The summed E-state index contributed by atoms with van der Waals surface area (Å²) in [7, 11) is 0. The zero-order valence-electron chi connectivity index (χ0n) is 11.2. The maximum atomic E-state index is 12.0.